The number of nitrogens with zero attached hydrogens (tertiary/aromatic N) is 3. The Morgan fingerprint density at radius 3 is 2.84 bits per heavy atom. The van der Waals surface area contributed by atoms with E-state index in [1.807, 2.05) is 24.9 Å². The Bertz CT molecular complexity index is 529. The Labute approximate surface area is 116 Å². The quantitative estimate of drug-likeness (QED) is 0.883. The largest absolute Gasteiger partial charge is 0.374 e. The zero-order chi connectivity index (χ0) is 13.7. The maximum Gasteiger partial charge on any atom is 0.134 e. The Morgan fingerprint density at radius 2 is 2.11 bits per heavy atom. The molecule has 1 heterocycles. The molecular weight excluding hydrogens is 263 g/mol. The molecule has 1 aromatic heterocycles. The van der Waals surface area contributed by atoms with E-state index in [9.17, 15) is 4.39 Å². The molecule has 0 spiro atoms. The van der Waals surface area contributed by atoms with Gasteiger partial charge in [-0.3, -0.25) is 4.90 Å². The van der Waals surface area contributed by atoms with Gasteiger partial charge in [-0.15, -0.1) is 5.10 Å². The summed E-state index contributed by atoms with van der Waals surface area (Å²) in [6.45, 7) is 4.07. The first kappa shape index (κ1) is 13.9. The molecular formula is C13H17FN4S. The molecule has 19 heavy (non-hydrogen) atoms. The predicted molar refractivity (Wildman–Crippen MR) is 75.6 cm³/mol. The van der Waals surface area contributed by atoms with E-state index in [2.05, 4.69) is 14.9 Å². The summed E-state index contributed by atoms with van der Waals surface area (Å²) in [7, 11) is 1.95. The number of nitrogens with one attached hydrogen (secondary N) is 1. The van der Waals surface area contributed by atoms with Gasteiger partial charge in [0.2, 0.25) is 0 Å². The van der Waals surface area contributed by atoms with Gasteiger partial charge in [-0.05, 0) is 20.0 Å². The van der Waals surface area contributed by atoms with E-state index in [1.54, 1.807) is 12.1 Å². The molecule has 0 atom stereocenters. The fourth-order valence-electron chi connectivity index (χ4n) is 1.84. The van der Waals surface area contributed by atoms with E-state index in [0.717, 1.165) is 17.2 Å². The van der Waals surface area contributed by atoms with Gasteiger partial charge in [-0.25, -0.2) is 4.39 Å². The molecule has 1 N–H and O–H groups in total. The lowest BCUT2D eigenvalue weighted by Gasteiger charge is -2.16. The highest BCUT2D eigenvalue weighted by atomic mass is 32.1. The number of rotatable bonds is 6. The van der Waals surface area contributed by atoms with Gasteiger partial charge in [-0.2, -0.15) is 0 Å². The molecule has 2 rings (SSSR count). The Balaban J connectivity index is 1.99. The van der Waals surface area contributed by atoms with Crippen LogP contribution < -0.4 is 5.32 Å². The second-order valence-corrected chi connectivity index (χ2v) is 5.10. The van der Waals surface area contributed by atoms with Crippen LogP contribution in [0.4, 0.5) is 9.39 Å². The lowest BCUT2D eigenvalue weighted by atomic mass is 10.2. The number of aromatic nitrogens is 2. The van der Waals surface area contributed by atoms with Crippen LogP contribution in [0.3, 0.4) is 0 Å². The molecule has 0 amide bonds. The van der Waals surface area contributed by atoms with E-state index in [4.69, 9.17) is 0 Å². The van der Waals surface area contributed by atoms with E-state index >= 15 is 0 Å². The maximum atomic E-state index is 13.6. The zero-order valence-electron chi connectivity index (χ0n) is 11.1. The topological polar surface area (TPSA) is 41.1 Å². The van der Waals surface area contributed by atoms with Gasteiger partial charge < -0.3 is 5.32 Å². The summed E-state index contributed by atoms with van der Waals surface area (Å²) in [5.41, 5.74) is 1.60. The van der Waals surface area contributed by atoms with Crippen LogP contribution in [0.1, 0.15) is 18.2 Å². The zero-order valence-corrected chi connectivity index (χ0v) is 11.9. The van der Waals surface area contributed by atoms with Crippen molar-refractivity contribution in [2.24, 2.45) is 0 Å². The first-order valence-electron chi connectivity index (χ1n) is 6.17. The van der Waals surface area contributed by atoms with Crippen LogP contribution in [-0.4, -0.2) is 28.1 Å². The van der Waals surface area contributed by atoms with Crippen molar-refractivity contribution in [1.29, 1.82) is 0 Å². The van der Waals surface area contributed by atoms with Crippen molar-refractivity contribution in [3.63, 3.8) is 0 Å². The fourth-order valence-corrected chi connectivity index (χ4v) is 2.48. The van der Waals surface area contributed by atoms with Gasteiger partial charge in [0.05, 0.1) is 0 Å². The summed E-state index contributed by atoms with van der Waals surface area (Å²) < 4.78 is 17.5. The van der Waals surface area contributed by atoms with Crippen LogP contribution >= 0.6 is 11.5 Å². The third kappa shape index (κ3) is 3.71. The van der Waals surface area contributed by atoms with Crippen molar-refractivity contribution in [3.8, 4) is 0 Å². The molecule has 0 aliphatic rings. The third-order valence-electron chi connectivity index (χ3n) is 2.71. The van der Waals surface area contributed by atoms with Crippen LogP contribution in [0.2, 0.25) is 0 Å². The van der Waals surface area contributed by atoms with Crippen LogP contribution in [-0.2, 0) is 13.1 Å². The standard InChI is InChI=1S/C13H17FN4S/c1-3-15-13-12(16-17-19-13)9-18(2)8-10-6-4-5-7-11(10)14/h4-7,15H,3,8-9H2,1-2H3. The smallest absolute Gasteiger partial charge is 0.134 e. The normalized spacial score (nSPS) is 10.9. The van der Waals surface area contributed by atoms with Crippen molar-refractivity contribution >= 4 is 16.5 Å². The summed E-state index contributed by atoms with van der Waals surface area (Å²) >= 11 is 1.35. The van der Waals surface area contributed by atoms with E-state index in [-0.39, 0.29) is 5.82 Å². The average molecular weight is 280 g/mol. The first-order valence-corrected chi connectivity index (χ1v) is 6.95. The van der Waals surface area contributed by atoms with E-state index < -0.39 is 0 Å². The van der Waals surface area contributed by atoms with Gasteiger partial charge in [-0.1, -0.05) is 22.7 Å². The van der Waals surface area contributed by atoms with E-state index in [1.165, 1.54) is 17.6 Å². The number of hydrogen-bond donors (Lipinski definition) is 1. The molecule has 0 fully saturated rings. The van der Waals surface area contributed by atoms with Crippen molar-refractivity contribution in [2.75, 3.05) is 18.9 Å². The third-order valence-corrected chi connectivity index (χ3v) is 3.44. The molecule has 2 aromatic rings. The lowest BCUT2D eigenvalue weighted by molar-refractivity contribution is 0.310. The highest BCUT2D eigenvalue weighted by Crippen LogP contribution is 2.19. The molecule has 102 valence electrons. The maximum absolute atomic E-state index is 13.6. The minimum absolute atomic E-state index is 0.169. The second-order valence-electron chi connectivity index (χ2n) is 4.34. The molecule has 0 aliphatic carbocycles. The van der Waals surface area contributed by atoms with Crippen LogP contribution in [0.25, 0.3) is 0 Å². The summed E-state index contributed by atoms with van der Waals surface area (Å²) in [5.74, 6) is -0.169. The second kappa shape index (κ2) is 6.58. The number of anilines is 1. The minimum Gasteiger partial charge on any atom is -0.374 e. The number of hydrogen-bond acceptors (Lipinski definition) is 5. The Hall–Kier alpha value is -1.53. The van der Waals surface area contributed by atoms with Gasteiger partial charge in [0.1, 0.15) is 16.5 Å². The Morgan fingerprint density at radius 1 is 1.32 bits per heavy atom. The average Bonchev–Trinajstić information content (AvgIpc) is 2.80. The van der Waals surface area contributed by atoms with Gasteiger partial charge in [0, 0.05) is 36.7 Å². The van der Waals surface area contributed by atoms with Gasteiger partial charge in [0.15, 0.2) is 0 Å². The summed E-state index contributed by atoms with van der Waals surface area (Å²) in [6, 6.07) is 6.83. The van der Waals surface area contributed by atoms with Crippen LogP contribution in [0.15, 0.2) is 24.3 Å². The van der Waals surface area contributed by atoms with Crippen molar-refractivity contribution in [3.05, 3.63) is 41.3 Å². The molecule has 0 saturated heterocycles. The predicted octanol–water partition coefficient (Wildman–Crippen LogP) is 2.74. The lowest BCUT2D eigenvalue weighted by Crippen LogP contribution is -2.19. The molecule has 0 radical (unpaired) electrons. The minimum atomic E-state index is -0.169. The molecule has 0 bridgehead atoms. The first-order chi connectivity index (χ1) is 9.20. The molecule has 0 saturated carbocycles. The molecule has 0 unspecified atom stereocenters. The van der Waals surface area contributed by atoms with Gasteiger partial charge in [0.25, 0.3) is 0 Å². The van der Waals surface area contributed by atoms with Crippen LogP contribution in [0.5, 0.6) is 0 Å². The fraction of sp³-hybridized carbons (Fsp3) is 0.385. The Kier molecular flexibility index (Phi) is 4.81. The molecule has 4 nitrogen and oxygen atoms in total. The van der Waals surface area contributed by atoms with Crippen molar-refractivity contribution in [2.45, 2.75) is 20.0 Å². The number of benzene rings is 1. The van der Waals surface area contributed by atoms with Crippen molar-refractivity contribution < 1.29 is 4.39 Å². The highest BCUT2D eigenvalue weighted by Gasteiger charge is 2.11. The number of halogens is 1. The van der Waals surface area contributed by atoms with E-state index in [0.29, 0.717) is 18.7 Å². The monoisotopic (exact) mass is 280 g/mol. The molecule has 1 aromatic carbocycles. The summed E-state index contributed by atoms with van der Waals surface area (Å²) in [6.07, 6.45) is 0. The highest BCUT2D eigenvalue weighted by molar-refractivity contribution is 7.10. The van der Waals surface area contributed by atoms with Gasteiger partial charge >= 0.3 is 0 Å². The molecule has 0 aliphatic heterocycles. The van der Waals surface area contributed by atoms with Crippen molar-refractivity contribution in [1.82, 2.24) is 14.5 Å². The van der Waals surface area contributed by atoms with Crippen LogP contribution in [0, 0.1) is 5.82 Å². The SMILES string of the molecule is CCNc1snnc1CN(C)Cc1ccccc1F. The summed E-state index contributed by atoms with van der Waals surface area (Å²) in [4.78, 5) is 2.02. The summed E-state index contributed by atoms with van der Waals surface area (Å²) in [5, 5.41) is 8.33. The molecule has 6 heteroatoms.